The molecule has 1 aromatic rings. The molecule has 0 saturated carbocycles. The van der Waals surface area contributed by atoms with Crippen molar-refractivity contribution in [2.75, 3.05) is 0 Å². The summed E-state index contributed by atoms with van der Waals surface area (Å²) in [4.78, 5) is 16.8. The molecule has 1 rings (SSSR count). The van der Waals surface area contributed by atoms with Crippen molar-refractivity contribution in [3.05, 3.63) is 18.2 Å². The monoisotopic (exact) mass is 231 g/mol. The molecule has 0 aliphatic heterocycles. The number of aromatic amines is 1. The second-order valence-electron chi connectivity index (χ2n) is 2.63. The lowest BCUT2D eigenvalue weighted by Crippen LogP contribution is -2.32. The number of nitrogens with two attached hydrogens (primary N) is 3. The second-order valence-corrected chi connectivity index (χ2v) is 3.10. The standard InChI is InChI=1S/C6H9N3O2.CH4N2S/c7-5(6(10)11)1-4-2-8-3-9-4;2-1(3)4/h2-3,5H,1,7H2,(H,8,9)(H,10,11);(H4,2,3,4). The predicted molar refractivity (Wildman–Crippen MR) is 58.9 cm³/mol. The fourth-order valence-corrected chi connectivity index (χ4v) is 0.721. The van der Waals surface area contributed by atoms with E-state index in [2.05, 4.69) is 33.7 Å². The maximum absolute atomic E-state index is 10.3. The lowest BCUT2D eigenvalue weighted by molar-refractivity contribution is -0.138. The molecule has 15 heavy (non-hydrogen) atoms. The van der Waals surface area contributed by atoms with Gasteiger partial charge in [-0.3, -0.25) is 4.79 Å². The second kappa shape index (κ2) is 6.74. The quantitative estimate of drug-likeness (QED) is 0.400. The van der Waals surface area contributed by atoms with Crippen LogP contribution in [0.15, 0.2) is 12.5 Å². The Morgan fingerprint density at radius 2 is 2.20 bits per heavy atom. The zero-order valence-electron chi connectivity index (χ0n) is 7.88. The molecule has 0 aromatic carbocycles. The molecule has 0 aliphatic rings. The fraction of sp³-hybridized carbons (Fsp3) is 0.286. The van der Waals surface area contributed by atoms with Gasteiger partial charge in [0.25, 0.3) is 0 Å². The van der Waals surface area contributed by atoms with Crippen LogP contribution in [0.2, 0.25) is 0 Å². The van der Waals surface area contributed by atoms with Gasteiger partial charge in [0.2, 0.25) is 0 Å². The molecule has 8 heteroatoms. The molecule has 0 aliphatic carbocycles. The molecule has 8 N–H and O–H groups in total. The Balaban J connectivity index is 0.000000423. The Hall–Kier alpha value is -1.67. The largest absolute Gasteiger partial charge is 0.480 e. The lowest BCUT2D eigenvalue weighted by Gasteiger charge is -2.02. The van der Waals surface area contributed by atoms with Crippen LogP contribution in [0.1, 0.15) is 5.69 Å². The number of rotatable bonds is 3. The third-order valence-electron chi connectivity index (χ3n) is 1.31. The number of nitrogens with one attached hydrogen (secondary N) is 1. The maximum atomic E-state index is 10.3. The highest BCUT2D eigenvalue weighted by molar-refractivity contribution is 7.80. The molecule has 7 nitrogen and oxygen atoms in total. The smallest absolute Gasteiger partial charge is 0.320 e. The van der Waals surface area contributed by atoms with Gasteiger partial charge in [-0.05, 0) is 12.2 Å². The van der Waals surface area contributed by atoms with Crippen LogP contribution in [-0.4, -0.2) is 32.2 Å². The van der Waals surface area contributed by atoms with Crippen molar-refractivity contribution in [1.29, 1.82) is 0 Å². The summed E-state index contributed by atoms with van der Waals surface area (Å²) in [6, 6.07) is -0.851. The summed E-state index contributed by atoms with van der Waals surface area (Å²) < 4.78 is 0. The summed E-state index contributed by atoms with van der Waals surface area (Å²) in [6.45, 7) is 0. The average molecular weight is 231 g/mol. The zero-order chi connectivity index (χ0) is 11.8. The Labute approximate surface area is 91.7 Å². The highest BCUT2D eigenvalue weighted by Gasteiger charge is 2.11. The number of aromatic nitrogens is 2. The fourth-order valence-electron chi connectivity index (χ4n) is 0.721. The van der Waals surface area contributed by atoms with Crippen LogP contribution in [0.5, 0.6) is 0 Å². The van der Waals surface area contributed by atoms with E-state index in [0.29, 0.717) is 0 Å². The normalized spacial score (nSPS) is 11.0. The zero-order valence-corrected chi connectivity index (χ0v) is 8.70. The minimum Gasteiger partial charge on any atom is -0.480 e. The molecule has 1 atom stereocenters. The number of hydrogen-bond donors (Lipinski definition) is 5. The van der Waals surface area contributed by atoms with E-state index in [9.17, 15) is 4.79 Å². The van der Waals surface area contributed by atoms with Crippen molar-refractivity contribution in [2.45, 2.75) is 12.5 Å². The number of H-pyrrole nitrogens is 1. The first-order valence-corrected chi connectivity index (χ1v) is 4.35. The van der Waals surface area contributed by atoms with Crippen LogP contribution in [-0.2, 0) is 11.2 Å². The first-order valence-electron chi connectivity index (χ1n) is 3.94. The van der Waals surface area contributed by atoms with Gasteiger partial charge in [-0.1, -0.05) is 0 Å². The number of hydrogen-bond acceptors (Lipinski definition) is 4. The third kappa shape index (κ3) is 7.40. The van der Waals surface area contributed by atoms with Gasteiger partial charge < -0.3 is 27.3 Å². The first-order chi connectivity index (χ1) is 6.93. The van der Waals surface area contributed by atoms with Gasteiger partial charge in [-0.25, -0.2) is 4.98 Å². The molecular formula is C7H13N5O2S. The van der Waals surface area contributed by atoms with E-state index in [0.717, 1.165) is 5.69 Å². The predicted octanol–water partition coefficient (Wildman–Crippen LogP) is -1.45. The number of carboxylic acid groups (broad SMARTS) is 1. The molecule has 0 saturated heterocycles. The van der Waals surface area contributed by atoms with Crippen LogP contribution in [0.4, 0.5) is 0 Å². The molecule has 1 heterocycles. The molecule has 84 valence electrons. The van der Waals surface area contributed by atoms with Crippen molar-refractivity contribution < 1.29 is 9.90 Å². The van der Waals surface area contributed by atoms with Crippen LogP contribution in [0, 0.1) is 0 Å². The van der Waals surface area contributed by atoms with E-state index in [1.165, 1.54) is 6.33 Å². The Kier molecular flexibility index (Phi) is 5.99. The van der Waals surface area contributed by atoms with E-state index in [-0.39, 0.29) is 11.5 Å². The molecule has 0 amide bonds. The van der Waals surface area contributed by atoms with Crippen LogP contribution >= 0.6 is 12.2 Å². The summed E-state index contributed by atoms with van der Waals surface area (Å²) in [5.74, 6) is -1.00. The molecule has 0 bridgehead atoms. The molecule has 0 radical (unpaired) electrons. The highest BCUT2D eigenvalue weighted by Crippen LogP contribution is 1.95. The molecular weight excluding hydrogens is 218 g/mol. The minimum absolute atomic E-state index is 0.000000000000000222. The van der Waals surface area contributed by atoms with Crippen LogP contribution in [0.25, 0.3) is 0 Å². The third-order valence-corrected chi connectivity index (χ3v) is 1.31. The van der Waals surface area contributed by atoms with Crippen LogP contribution < -0.4 is 17.2 Å². The summed E-state index contributed by atoms with van der Waals surface area (Å²) in [5, 5.41) is 8.42. The Morgan fingerprint density at radius 1 is 1.67 bits per heavy atom. The van der Waals surface area contributed by atoms with Crippen molar-refractivity contribution in [3.8, 4) is 0 Å². The molecule has 1 unspecified atom stereocenters. The summed E-state index contributed by atoms with van der Waals surface area (Å²) in [7, 11) is 0. The molecule has 0 fully saturated rings. The van der Waals surface area contributed by atoms with Crippen molar-refractivity contribution in [3.63, 3.8) is 0 Å². The van der Waals surface area contributed by atoms with E-state index >= 15 is 0 Å². The number of thiocarbonyl (C=S) groups is 1. The number of imidazole rings is 1. The van der Waals surface area contributed by atoms with E-state index in [1.807, 2.05) is 0 Å². The number of nitrogens with zero attached hydrogens (tertiary/aromatic N) is 1. The number of aliphatic carboxylic acids is 1. The summed E-state index contributed by atoms with van der Waals surface area (Å²) >= 11 is 4.09. The van der Waals surface area contributed by atoms with E-state index in [4.69, 9.17) is 10.8 Å². The Bertz CT molecular complexity index is 309. The van der Waals surface area contributed by atoms with Crippen LogP contribution in [0.3, 0.4) is 0 Å². The lowest BCUT2D eigenvalue weighted by atomic mass is 10.2. The van der Waals surface area contributed by atoms with Gasteiger partial charge >= 0.3 is 5.97 Å². The molecule has 0 spiro atoms. The van der Waals surface area contributed by atoms with Gasteiger partial charge in [0, 0.05) is 18.3 Å². The SMILES string of the molecule is NC(Cc1cnc[nH]1)C(=O)O.NC(N)=S. The summed E-state index contributed by atoms with van der Waals surface area (Å²) in [5.41, 5.74) is 15.2. The average Bonchev–Trinajstić information content (AvgIpc) is 2.55. The van der Waals surface area contributed by atoms with Gasteiger partial charge in [-0.15, -0.1) is 0 Å². The topological polar surface area (TPSA) is 144 Å². The van der Waals surface area contributed by atoms with Crippen molar-refractivity contribution >= 4 is 23.3 Å². The van der Waals surface area contributed by atoms with Crippen molar-refractivity contribution in [1.82, 2.24) is 9.97 Å². The summed E-state index contributed by atoms with van der Waals surface area (Å²) in [6.07, 6.45) is 3.34. The first kappa shape index (κ1) is 13.3. The van der Waals surface area contributed by atoms with Gasteiger partial charge in [-0.2, -0.15) is 0 Å². The van der Waals surface area contributed by atoms with Gasteiger partial charge in [0.05, 0.1) is 6.33 Å². The highest BCUT2D eigenvalue weighted by atomic mass is 32.1. The molecule has 1 aromatic heterocycles. The van der Waals surface area contributed by atoms with E-state index in [1.54, 1.807) is 6.20 Å². The number of carbonyl (C=O) groups is 1. The van der Waals surface area contributed by atoms with Gasteiger partial charge in [0.1, 0.15) is 6.04 Å². The minimum atomic E-state index is -1.00. The maximum Gasteiger partial charge on any atom is 0.320 e. The van der Waals surface area contributed by atoms with E-state index < -0.39 is 12.0 Å². The number of carboxylic acids is 1. The Morgan fingerprint density at radius 3 is 2.53 bits per heavy atom. The van der Waals surface area contributed by atoms with Gasteiger partial charge in [0.15, 0.2) is 5.11 Å². The van der Waals surface area contributed by atoms with Crippen molar-refractivity contribution in [2.24, 2.45) is 17.2 Å².